The van der Waals surface area contributed by atoms with Crippen molar-refractivity contribution in [3.8, 4) is 44.5 Å². The lowest BCUT2D eigenvalue weighted by molar-refractivity contribution is 0.795. The highest BCUT2D eigenvalue weighted by molar-refractivity contribution is 8.26. The number of hydrogen-bond donors (Lipinski definition) is 0. The van der Waals surface area contributed by atoms with Gasteiger partial charge in [-0.25, -0.2) is 0 Å². The van der Waals surface area contributed by atoms with Gasteiger partial charge in [-0.2, -0.15) is 0 Å². The molecule has 0 saturated heterocycles. The zero-order chi connectivity index (χ0) is 79.2. The van der Waals surface area contributed by atoms with E-state index in [0.29, 0.717) is 0 Å². The van der Waals surface area contributed by atoms with Crippen molar-refractivity contribution in [2.45, 2.75) is 5.41 Å². The summed E-state index contributed by atoms with van der Waals surface area (Å²) in [6.45, 7) is 0. The van der Waals surface area contributed by atoms with E-state index in [1.165, 1.54) is 36.4 Å². The predicted octanol–water partition coefficient (Wildman–Crippen LogP) is 14.0. The Kier molecular flexibility index (Phi) is 4.42. The summed E-state index contributed by atoms with van der Waals surface area (Å²) in [4.78, 5) is 0. The normalized spacial score (nSPS) is 20.9. The highest BCUT2D eigenvalue weighted by Crippen LogP contribution is 2.64. The molecule has 0 radical (unpaired) electrons. The monoisotopic (exact) mass is 988 g/mol. The van der Waals surface area contributed by atoms with Gasteiger partial charge in [0.05, 0.1) is 57.5 Å². The van der Waals surface area contributed by atoms with Crippen LogP contribution in [0.25, 0.3) is 55.3 Å². The van der Waals surface area contributed by atoms with Gasteiger partial charge in [-0.05, 0) is 121 Å². The highest BCUT2D eigenvalue weighted by atomic mass is 32.4. The molecule has 69 heavy (non-hydrogen) atoms. The fourth-order valence-corrected chi connectivity index (χ4v) is 14.6. The SMILES string of the molecule is [2H]c1c([2H])c([2H])c(P(=S)(c2c([2H])c([2H])c([2H])c([2H])c2[2H])c2c([2H])c([2H])c(-c3ccc4c(c3)C3(c5cc(-c6c([2H])c([2H])c(P(=S)(c7c([2H])c([2H])c([2H])c([2H])c7[2H])c7c([2H])c([2H])c([2H])c([2H])c7[2H])c([2H])c6[2H])ccc5-4)c4c([2H])c([2H])c([2H])c([2H])c4-c4c3c([2H])c([2H])c3c([2H])c([2H])c([2H])c([2H])c43)c([2H])c2[2H])c([2H])c1[2H]. The summed E-state index contributed by atoms with van der Waals surface area (Å²) in [6, 6.07) is -40.6. The van der Waals surface area contributed by atoms with E-state index < -0.39 is 323 Å². The van der Waals surface area contributed by atoms with Crippen molar-refractivity contribution < 1.29 is 52.1 Å². The molecular weight excluding hydrogens is 907 g/mol. The molecule has 0 atom stereocenters. The molecule has 0 bridgehead atoms. The molecule has 4 heteroatoms. The molecule has 0 aromatic heterocycles. The average Bonchev–Trinajstić information content (AvgIpc) is 1.47. The molecule has 0 heterocycles. The van der Waals surface area contributed by atoms with Crippen LogP contribution in [0.5, 0.6) is 0 Å². The first kappa shape index (κ1) is 18.4. The van der Waals surface area contributed by atoms with E-state index in [1.807, 2.05) is 0 Å². The Labute approximate surface area is 468 Å². The predicted molar refractivity (Wildman–Crippen MR) is 303 cm³/mol. The maximum atomic E-state index is 10.2. The van der Waals surface area contributed by atoms with Crippen molar-refractivity contribution in [3.63, 3.8) is 0 Å². The van der Waals surface area contributed by atoms with Gasteiger partial charge in [-0.3, -0.25) is 0 Å². The number of benzene rings is 11. The van der Waals surface area contributed by atoms with E-state index in [9.17, 15) is 19.2 Å². The van der Waals surface area contributed by atoms with Gasteiger partial charge in [-0.1, -0.05) is 277 Å². The summed E-state index contributed by atoms with van der Waals surface area (Å²) in [6.07, 6.45) is 0. The van der Waals surface area contributed by atoms with Crippen LogP contribution in [0.1, 0.15) is 74.3 Å². The smallest absolute Gasteiger partial charge is 0.0726 e. The molecule has 326 valence electrons. The lowest BCUT2D eigenvalue weighted by atomic mass is 9.69. The van der Waals surface area contributed by atoms with Crippen molar-refractivity contribution in [2.24, 2.45) is 0 Å². The Balaban J connectivity index is 1.17. The highest BCUT2D eigenvalue weighted by Gasteiger charge is 2.52. The van der Waals surface area contributed by atoms with E-state index in [4.69, 9.17) is 56.5 Å². The Bertz CT molecular complexity index is 5610. The van der Waals surface area contributed by atoms with Crippen molar-refractivity contribution >= 4 is 78.3 Å². The summed E-state index contributed by atoms with van der Waals surface area (Å²) >= 11 is 12.6. The molecule has 0 fully saturated rings. The minimum atomic E-state index is -5.10. The summed E-state index contributed by atoms with van der Waals surface area (Å²) in [5.74, 6) is 0. The fourth-order valence-electron chi connectivity index (χ4n) is 9.01. The van der Waals surface area contributed by atoms with Crippen LogP contribution in [0.2, 0.25) is 0 Å². The summed E-state index contributed by atoms with van der Waals surface area (Å²) < 4.78 is 350. The largest absolute Gasteiger partial charge is 0.0826 e. The van der Waals surface area contributed by atoms with Gasteiger partial charge < -0.3 is 0 Å². The van der Waals surface area contributed by atoms with E-state index in [0.717, 1.165) is 0 Å². The van der Waals surface area contributed by atoms with Gasteiger partial charge in [0.2, 0.25) is 0 Å². The van der Waals surface area contributed by atoms with Gasteiger partial charge in [0, 0.05) is 12.1 Å². The quantitative estimate of drug-likeness (QED) is 0.139. The first-order valence-electron chi connectivity index (χ1n) is 39.4. The molecule has 0 nitrogen and oxygen atoms in total. The molecule has 2 aliphatic rings. The topological polar surface area (TPSA) is 0 Å². The van der Waals surface area contributed by atoms with Crippen LogP contribution in [-0.4, -0.2) is 0 Å². The molecule has 0 aliphatic heterocycles. The fraction of sp³-hybridized carbons (Fsp3) is 0.0154. The molecule has 1 spiro atoms. The molecular formula is C65H44P2S2. The number of rotatable bonds is 8. The first-order chi connectivity index (χ1) is 49.8. The maximum absolute atomic E-state index is 10.2. The molecule has 0 N–H and O–H groups in total. The summed E-state index contributed by atoms with van der Waals surface area (Å²) in [5, 5.41) is -6.56. The minimum absolute atomic E-state index is 0.0417. The van der Waals surface area contributed by atoms with Crippen LogP contribution in [-0.2, 0) is 29.0 Å². The van der Waals surface area contributed by atoms with Gasteiger partial charge >= 0.3 is 0 Å². The van der Waals surface area contributed by atoms with Gasteiger partial charge in [-0.15, -0.1) is 0 Å². The van der Waals surface area contributed by atoms with E-state index in [1.54, 1.807) is 0 Å². The van der Waals surface area contributed by atoms with Crippen LogP contribution in [0.4, 0.5) is 0 Å². The van der Waals surface area contributed by atoms with Crippen LogP contribution in [0.3, 0.4) is 0 Å². The zero-order valence-electron chi connectivity index (χ0n) is 72.7. The number of hydrogen-bond acceptors (Lipinski definition) is 2. The first-order valence-corrected chi connectivity index (χ1v) is 26.0. The maximum Gasteiger partial charge on any atom is 0.0726 e. The lowest BCUT2D eigenvalue weighted by Gasteiger charge is -2.31. The van der Waals surface area contributed by atoms with Gasteiger partial charge in [0.1, 0.15) is 0 Å². The second kappa shape index (κ2) is 16.6. The van der Waals surface area contributed by atoms with E-state index in [-0.39, 0.29) is 33.4 Å². The molecule has 0 saturated carbocycles. The molecule has 11 aromatic carbocycles. The van der Waals surface area contributed by atoms with Crippen LogP contribution in [0, 0.1) is 0 Å². The average molecular weight is 989 g/mol. The van der Waals surface area contributed by atoms with Gasteiger partial charge in [0.15, 0.2) is 0 Å². The summed E-state index contributed by atoms with van der Waals surface area (Å²) in [5.41, 5.74) is -6.73. The second-order valence-corrected chi connectivity index (χ2v) is 23.7. The molecule has 13 rings (SSSR count). The van der Waals surface area contributed by atoms with Crippen molar-refractivity contribution in [1.82, 2.24) is 0 Å². The second-order valence-electron chi connectivity index (χ2n) is 15.3. The third-order valence-electron chi connectivity index (χ3n) is 12.0. The summed E-state index contributed by atoms with van der Waals surface area (Å²) in [7, 11) is 0. The number of fused-ring (bicyclic) bond motifs is 12. The Hall–Kier alpha value is -7.02. The van der Waals surface area contributed by atoms with Crippen molar-refractivity contribution in [2.75, 3.05) is 0 Å². The van der Waals surface area contributed by atoms with E-state index in [2.05, 4.69) is 0 Å². The Morgan fingerprint density at radius 3 is 1.16 bits per heavy atom. The Morgan fingerprint density at radius 2 is 0.696 bits per heavy atom. The minimum Gasteiger partial charge on any atom is -0.0826 e. The standard InChI is InChI=1S/C65H44P2S2/c68-66(50-18-5-1-6-19-50,51-20-7-2-8-21-51)54-36-29-45(30-37-54)48-33-40-57-58-41-34-49(46-31-38-55(39-32-46)67(69,52-22-9-3-10-23-52)53-24-11-4-12-25-53)44-63(58)65(62(57)43-48)60-28-16-15-27-59(60)64-56-26-14-13-17-47(56)35-42-61(64)65/h1-44H/i1D,2D,3D,4D,5D,6D,7D,8D,9D,10D,11D,12D,13D,14D,15D,16D,17D,18D,19D,20D,21D,22D,23D,24D,25D,26D,27D,28D,29D,30D,31D,32D,35D,36D,37D,38D,39D,42D. The van der Waals surface area contributed by atoms with Crippen LogP contribution < -0.4 is 31.8 Å². The molecule has 11 aromatic rings. The lowest BCUT2D eigenvalue weighted by Crippen LogP contribution is -2.26. The van der Waals surface area contributed by atoms with Crippen molar-refractivity contribution in [1.29, 1.82) is 0 Å². The van der Waals surface area contributed by atoms with Crippen LogP contribution >= 0.6 is 12.1 Å². The van der Waals surface area contributed by atoms with Gasteiger partial charge in [0.25, 0.3) is 0 Å². The third kappa shape index (κ3) is 6.41. The molecule has 2 aliphatic carbocycles. The van der Waals surface area contributed by atoms with E-state index >= 15 is 0 Å². The Morgan fingerprint density at radius 1 is 0.304 bits per heavy atom. The molecule has 0 unspecified atom stereocenters. The molecule has 0 amide bonds. The third-order valence-corrected chi connectivity index (χ3v) is 20.4. The van der Waals surface area contributed by atoms with Crippen LogP contribution in [0.15, 0.2) is 266 Å². The van der Waals surface area contributed by atoms with Crippen molar-refractivity contribution in [3.05, 3.63) is 288 Å². The zero-order valence-corrected chi connectivity index (χ0v) is 38.1.